The summed E-state index contributed by atoms with van der Waals surface area (Å²) in [5, 5.41) is 11.8. The van der Waals surface area contributed by atoms with Crippen LogP contribution in [0.2, 0.25) is 0 Å². The quantitative estimate of drug-likeness (QED) is 0.517. The molecule has 0 aliphatic rings. The first-order valence-corrected chi connectivity index (χ1v) is 8.56. The third-order valence-electron chi connectivity index (χ3n) is 4.79. The van der Waals surface area contributed by atoms with E-state index in [1.54, 1.807) is 18.2 Å². The topological polar surface area (TPSA) is 79.1 Å². The number of nitrogens with one attached hydrogen (secondary N) is 1. The number of aryl methyl sites for hydroxylation is 2. The van der Waals surface area contributed by atoms with E-state index in [0.717, 1.165) is 23.0 Å². The van der Waals surface area contributed by atoms with E-state index in [9.17, 15) is 9.90 Å². The van der Waals surface area contributed by atoms with Crippen LogP contribution in [0.15, 0.2) is 48.5 Å². The Hall–Kier alpha value is -3.27. The van der Waals surface area contributed by atoms with Gasteiger partial charge in [0, 0.05) is 16.5 Å². The predicted octanol–water partition coefficient (Wildman–Crippen LogP) is 4.33. The van der Waals surface area contributed by atoms with E-state index in [-0.39, 0.29) is 5.75 Å². The van der Waals surface area contributed by atoms with Gasteiger partial charge in [-0.15, -0.1) is 0 Å². The van der Waals surface area contributed by atoms with Gasteiger partial charge in [-0.25, -0.2) is 0 Å². The molecule has 0 aliphatic carbocycles. The highest BCUT2D eigenvalue weighted by Gasteiger charge is 2.17. The van der Waals surface area contributed by atoms with Crippen LogP contribution in [0.4, 0.5) is 0 Å². The van der Waals surface area contributed by atoms with Crippen molar-refractivity contribution in [3.05, 3.63) is 76.3 Å². The van der Waals surface area contributed by atoms with E-state index in [0.29, 0.717) is 16.3 Å². The van der Waals surface area contributed by atoms with Crippen molar-refractivity contribution in [2.24, 2.45) is 5.73 Å². The molecule has 0 aliphatic heterocycles. The van der Waals surface area contributed by atoms with Gasteiger partial charge in [-0.1, -0.05) is 41.5 Å². The molecule has 4 rings (SSSR count). The molecule has 0 atom stereocenters. The van der Waals surface area contributed by atoms with Crippen LogP contribution in [0.3, 0.4) is 0 Å². The average molecular weight is 344 g/mol. The van der Waals surface area contributed by atoms with Crippen molar-refractivity contribution < 1.29 is 9.90 Å². The number of carbonyl (C=O) groups is 1. The van der Waals surface area contributed by atoms with Gasteiger partial charge >= 0.3 is 0 Å². The van der Waals surface area contributed by atoms with E-state index < -0.39 is 5.91 Å². The van der Waals surface area contributed by atoms with E-state index in [1.807, 2.05) is 12.1 Å². The summed E-state index contributed by atoms with van der Waals surface area (Å²) in [7, 11) is 0. The summed E-state index contributed by atoms with van der Waals surface area (Å²) in [4.78, 5) is 15.2. The van der Waals surface area contributed by atoms with Crippen LogP contribution in [0.5, 0.6) is 5.75 Å². The van der Waals surface area contributed by atoms with Crippen LogP contribution in [0.25, 0.3) is 21.8 Å². The predicted molar refractivity (Wildman–Crippen MR) is 105 cm³/mol. The van der Waals surface area contributed by atoms with Crippen molar-refractivity contribution in [1.29, 1.82) is 0 Å². The number of phenols is 1. The molecule has 4 nitrogen and oxygen atoms in total. The molecule has 4 N–H and O–H groups in total. The minimum atomic E-state index is -0.504. The minimum absolute atomic E-state index is 0.143. The van der Waals surface area contributed by atoms with Crippen molar-refractivity contribution in [3.8, 4) is 5.75 Å². The molecule has 3 aromatic carbocycles. The third-order valence-corrected chi connectivity index (χ3v) is 4.79. The summed E-state index contributed by atoms with van der Waals surface area (Å²) in [6.45, 7) is 4.18. The van der Waals surface area contributed by atoms with Crippen molar-refractivity contribution >= 4 is 27.7 Å². The fraction of sp³-hybridized carbons (Fsp3) is 0.136. The zero-order valence-corrected chi connectivity index (χ0v) is 14.8. The Bertz CT molecular complexity index is 1150. The van der Waals surface area contributed by atoms with Gasteiger partial charge in [0.05, 0.1) is 10.9 Å². The lowest BCUT2D eigenvalue weighted by Gasteiger charge is -2.08. The molecule has 4 aromatic rings. The van der Waals surface area contributed by atoms with E-state index >= 15 is 0 Å². The zero-order valence-electron chi connectivity index (χ0n) is 14.8. The van der Waals surface area contributed by atoms with Gasteiger partial charge in [-0.3, -0.25) is 4.79 Å². The van der Waals surface area contributed by atoms with Crippen LogP contribution >= 0.6 is 0 Å². The van der Waals surface area contributed by atoms with Crippen LogP contribution in [-0.2, 0) is 6.42 Å². The number of aromatic nitrogens is 1. The number of H-pyrrole nitrogens is 1. The van der Waals surface area contributed by atoms with Gasteiger partial charge in [0.15, 0.2) is 0 Å². The lowest BCUT2D eigenvalue weighted by Crippen LogP contribution is -2.10. The maximum Gasteiger partial charge on any atom is 0.249 e. The average Bonchev–Trinajstić information content (AvgIpc) is 2.97. The van der Waals surface area contributed by atoms with Crippen LogP contribution in [-0.4, -0.2) is 16.0 Å². The second kappa shape index (κ2) is 5.92. The third kappa shape index (κ3) is 2.60. The SMILES string of the molecule is Cc1cc(C)cc(Cc2ccc(O)c3c2[nH]c2cccc(C(N)=O)c23)c1. The number of aromatic amines is 1. The number of nitrogens with two attached hydrogens (primary N) is 1. The monoisotopic (exact) mass is 344 g/mol. The highest BCUT2D eigenvalue weighted by atomic mass is 16.3. The molecular formula is C22H20N2O2. The largest absolute Gasteiger partial charge is 0.507 e. The number of hydrogen-bond acceptors (Lipinski definition) is 2. The molecule has 0 fully saturated rings. The fourth-order valence-electron chi connectivity index (χ4n) is 3.83. The molecule has 0 saturated heterocycles. The molecule has 26 heavy (non-hydrogen) atoms. The first kappa shape index (κ1) is 16.2. The molecule has 1 aromatic heterocycles. The summed E-state index contributed by atoms with van der Waals surface area (Å²) in [5.41, 5.74) is 12.3. The molecule has 0 unspecified atom stereocenters. The fourth-order valence-corrected chi connectivity index (χ4v) is 3.83. The zero-order chi connectivity index (χ0) is 18.4. The molecule has 130 valence electrons. The molecule has 1 heterocycles. The number of amides is 1. The normalized spacial score (nSPS) is 11.3. The Kier molecular flexibility index (Phi) is 3.69. The number of hydrogen-bond donors (Lipinski definition) is 3. The van der Waals surface area contributed by atoms with E-state index in [1.165, 1.54) is 16.7 Å². The van der Waals surface area contributed by atoms with E-state index in [4.69, 9.17) is 5.73 Å². The molecule has 0 bridgehead atoms. The molecule has 1 amide bonds. The summed E-state index contributed by atoms with van der Waals surface area (Å²) in [6.07, 6.45) is 0.734. The Morgan fingerprint density at radius 1 is 1.04 bits per heavy atom. The van der Waals surface area contributed by atoms with Gasteiger partial charge in [-0.2, -0.15) is 0 Å². The Morgan fingerprint density at radius 3 is 2.46 bits per heavy atom. The number of benzene rings is 3. The standard InChI is InChI=1S/C22H20N2O2/c1-12-8-13(2)10-14(9-12)11-15-6-7-18(25)20-19-16(22(23)26)4-3-5-17(19)24-21(15)20/h3-10,24-25H,11H2,1-2H3,(H2,23,26). The van der Waals surface area contributed by atoms with Gasteiger partial charge in [0.2, 0.25) is 5.91 Å². The molecule has 0 radical (unpaired) electrons. The number of carbonyl (C=O) groups excluding carboxylic acids is 1. The first-order chi connectivity index (χ1) is 12.4. The summed E-state index contributed by atoms with van der Waals surface area (Å²) < 4.78 is 0. The highest BCUT2D eigenvalue weighted by Crippen LogP contribution is 2.37. The number of phenolic OH excluding ortho intramolecular Hbond substituents is 1. The Balaban J connectivity index is 1.97. The highest BCUT2D eigenvalue weighted by molar-refractivity contribution is 6.19. The minimum Gasteiger partial charge on any atom is -0.507 e. The smallest absolute Gasteiger partial charge is 0.249 e. The molecular weight excluding hydrogens is 324 g/mol. The van der Waals surface area contributed by atoms with Crippen molar-refractivity contribution in [2.45, 2.75) is 20.3 Å². The van der Waals surface area contributed by atoms with Crippen molar-refractivity contribution in [1.82, 2.24) is 4.98 Å². The molecule has 4 heteroatoms. The number of primary amides is 1. The van der Waals surface area contributed by atoms with Gasteiger partial charge in [0.25, 0.3) is 0 Å². The van der Waals surface area contributed by atoms with Crippen molar-refractivity contribution in [3.63, 3.8) is 0 Å². The summed E-state index contributed by atoms with van der Waals surface area (Å²) >= 11 is 0. The first-order valence-electron chi connectivity index (χ1n) is 8.56. The Morgan fingerprint density at radius 2 is 1.77 bits per heavy atom. The van der Waals surface area contributed by atoms with Crippen LogP contribution < -0.4 is 5.73 Å². The number of aromatic hydroxyl groups is 1. The van der Waals surface area contributed by atoms with Crippen molar-refractivity contribution in [2.75, 3.05) is 0 Å². The molecule has 0 saturated carbocycles. The maximum absolute atomic E-state index is 11.8. The number of fused-ring (bicyclic) bond motifs is 3. The second-order valence-corrected chi connectivity index (χ2v) is 6.88. The maximum atomic E-state index is 11.8. The van der Waals surface area contributed by atoms with Crippen LogP contribution in [0, 0.1) is 13.8 Å². The lowest BCUT2D eigenvalue weighted by molar-refractivity contribution is 0.100. The van der Waals surface area contributed by atoms with E-state index in [2.05, 4.69) is 37.0 Å². The summed E-state index contributed by atoms with van der Waals surface area (Å²) in [6, 6.07) is 15.5. The number of rotatable bonds is 3. The summed E-state index contributed by atoms with van der Waals surface area (Å²) in [5.74, 6) is -0.361. The van der Waals surface area contributed by atoms with Gasteiger partial charge in [0.1, 0.15) is 5.75 Å². The van der Waals surface area contributed by atoms with Crippen LogP contribution in [0.1, 0.15) is 32.6 Å². The lowest BCUT2D eigenvalue weighted by atomic mass is 9.98. The van der Waals surface area contributed by atoms with Gasteiger partial charge < -0.3 is 15.8 Å². The van der Waals surface area contributed by atoms with Gasteiger partial charge in [-0.05, 0) is 49.6 Å². The Labute approximate surface area is 151 Å². The second-order valence-electron chi connectivity index (χ2n) is 6.88. The molecule has 0 spiro atoms.